The first kappa shape index (κ1) is 9.56. The van der Waals surface area contributed by atoms with Crippen molar-refractivity contribution in [2.45, 2.75) is 13.5 Å². The lowest BCUT2D eigenvalue weighted by Crippen LogP contribution is -1.96. The number of nitrogens with zero attached hydrogens (tertiary/aromatic N) is 1. The van der Waals surface area contributed by atoms with Crippen molar-refractivity contribution in [3.05, 3.63) is 28.8 Å². The smallest absolute Gasteiger partial charge is 0.128 e. The Kier molecular flexibility index (Phi) is 2.88. The summed E-state index contributed by atoms with van der Waals surface area (Å²) in [5, 5.41) is 17.7. The van der Waals surface area contributed by atoms with E-state index < -0.39 is 0 Å². The molecule has 1 aromatic carbocycles. The van der Waals surface area contributed by atoms with Crippen LogP contribution < -0.4 is 4.74 Å². The monoisotopic (exact) mass is 177 g/mol. The summed E-state index contributed by atoms with van der Waals surface area (Å²) in [6.45, 7) is 1.73. The van der Waals surface area contributed by atoms with E-state index in [9.17, 15) is 0 Å². The molecule has 68 valence electrons. The Hall–Kier alpha value is -1.53. The zero-order valence-electron chi connectivity index (χ0n) is 7.66. The van der Waals surface area contributed by atoms with E-state index in [1.807, 2.05) is 0 Å². The van der Waals surface area contributed by atoms with Crippen LogP contribution in [0.4, 0.5) is 0 Å². The Labute approximate surface area is 77.2 Å². The first-order valence-electron chi connectivity index (χ1n) is 3.92. The molecule has 0 aliphatic carbocycles. The maximum absolute atomic E-state index is 8.97. The standard InChI is InChI=1S/C10H11NO2/c1-7-8(5-11)3-4-9(6-12)10(7)13-2/h3-4,12H,6H2,1-2H3. The molecule has 0 bridgehead atoms. The zero-order valence-corrected chi connectivity index (χ0v) is 7.66. The summed E-state index contributed by atoms with van der Waals surface area (Å²) in [6.07, 6.45) is 0. The second-order valence-corrected chi connectivity index (χ2v) is 2.70. The van der Waals surface area contributed by atoms with Gasteiger partial charge in [-0.3, -0.25) is 0 Å². The molecule has 0 unspecified atom stereocenters. The van der Waals surface area contributed by atoms with Gasteiger partial charge in [0.15, 0.2) is 0 Å². The summed E-state index contributed by atoms with van der Waals surface area (Å²) >= 11 is 0. The van der Waals surface area contributed by atoms with Gasteiger partial charge in [0.25, 0.3) is 0 Å². The summed E-state index contributed by atoms with van der Waals surface area (Å²) < 4.78 is 5.10. The van der Waals surface area contributed by atoms with E-state index in [0.717, 1.165) is 5.56 Å². The molecule has 0 saturated heterocycles. The van der Waals surface area contributed by atoms with Crippen LogP contribution >= 0.6 is 0 Å². The Morgan fingerprint density at radius 1 is 1.54 bits per heavy atom. The number of aliphatic hydroxyl groups is 1. The van der Waals surface area contributed by atoms with Gasteiger partial charge in [0.1, 0.15) is 5.75 Å². The van der Waals surface area contributed by atoms with Gasteiger partial charge in [-0.15, -0.1) is 0 Å². The highest BCUT2D eigenvalue weighted by Crippen LogP contribution is 2.25. The Bertz CT molecular complexity index is 353. The number of aliphatic hydroxyl groups excluding tert-OH is 1. The average molecular weight is 177 g/mol. The first-order chi connectivity index (χ1) is 6.24. The zero-order chi connectivity index (χ0) is 9.84. The molecule has 0 fully saturated rings. The van der Waals surface area contributed by atoms with E-state index in [-0.39, 0.29) is 6.61 Å². The van der Waals surface area contributed by atoms with Gasteiger partial charge in [-0.25, -0.2) is 0 Å². The number of ether oxygens (including phenoxy) is 1. The summed E-state index contributed by atoms with van der Waals surface area (Å²) in [5.41, 5.74) is 2.06. The third-order valence-corrected chi connectivity index (χ3v) is 1.98. The van der Waals surface area contributed by atoms with Gasteiger partial charge in [0.2, 0.25) is 0 Å². The molecule has 0 spiro atoms. The van der Waals surface area contributed by atoms with Crippen molar-refractivity contribution in [3.8, 4) is 11.8 Å². The molecule has 3 nitrogen and oxygen atoms in total. The SMILES string of the molecule is COc1c(CO)ccc(C#N)c1C. The fraction of sp³-hybridized carbons (Fsp3) is 0.300. The second kappa shape index (κ2) is 3.92. The fourth-order valence-corrected chi connectivity index (χ4v) is 1.28. The molecule has 0 heterocycles. The van der Waals surface area contributed by atoms with Crippen LogP contribution in [0.15, 0.2) is 12.1 Å². The van der Waals surface area contributed by atoms with Gasteiger partial charge in [-0.05, 0) is 13.0 Å². The fourth-order valence-electron chi connectivity index (χ4n) is 1.28. The van der Waals surface area contributed by atoms with Crippen molar-refractivity contribution in [1.82, 2.24) is 0 Å². The molecular formula is C10H11NO2. The quantitative estimate of drug-likeness (QED) is 0.742. The van der Waals surface area contributed by atoms with E-state index in [2.05, 4.69) is 6.07 Å². The van der Waals surface area contributed by atoms with Crippen LogP contribution in [-0.4, -0.2) is 12.2 Å². The molecule has 13 heavy (non-hydrogen) atoms. The van der Waals surface area contributed by atoms with E-state index in [1.54, 1.807) is 19.1 Å². The van der Waals surface area contributed by atoms with E-state index in [4.69, 9.17) is 15.1 Å². The second-order valence-electron chi connectivity index (χ2n) is 2.70. The van der Waals surface area contributed by atoms with Crippen LogP contribution in [0, 0.1) is 18.3 Å². The molecule has 1 N–H and O–H groups in total. The van der Waals surface area contributed by atoms with Crippen molar-refractivity contribution in [3.63, 3.8) is 0 Å². The maximum Gasteiger partial charge on any atom is 0.128 e. The third-order valence-electron chi connectivity index (χ3n) is 1.98. The molecule has 3 heteroatoms. The Morgan fingerprint density at radius 3 is 2.69 bits per heavy atom. The van der Waals surface area contributed by atoms with Crippen LogP contribution in [0.5, 0.6) is 5.75 Å². The van der Waals surface area contributed by atoms with E-state index >= 15 is 0 Å². The van der Waals surface area contributed by atoms with Crippen molar-refractivity contribution < 1.29 is 9.84 Å². The average Bonchev–Trinajstić information content (AvgIpc) is 2.17. The molecule has 0 aliphatic rings. The summed E-state index contributed by atoms with van der Waals surface area (Å²) in [6, 6.07) is 5.44. The number of nitriles is 1. The van der Waals surface area contributed by atoms with Crippen LogP contribution in [0.25, 0.3) is 0 Å². The number of hydrogen-bond acceptors (Lipinski definition) is 3. The van der Waals surface area contributed by atoms with Gasteiger partial charge in [0, 0.05) is 11.1 Å². The normalized spacial score (nSPS) is 9.38. The highest BCUT2D eigenvalue weighted by Gasteiger charge is 2.08. The van der Waals surface area contributed by atoms with Crippen LogP contribution in [0.2, 0.25) is 0 Å². The minimum absolute atomic E-state index is 0.0737. The highest BCUT2D eigenvalue weighted by molar-refractivity contribution is 5.50. The van der Waals surface area contributed by atoms with Crippen LogP contribution in [0.1, 0.15) is 16.7 Å². The lowest BCUT2D eigenvalue weighted by molar-refractivity contribution is 0.273. The van der Waals surface area contributed by atoms with Crippen LogP contribution in [0.3, 0.4) is 0 Å². The molecule has 0 radical (unpaired) electrons. The summed E-state index contributed by atoms with van der Waals surface area (Å²) in [7, 11) is 1.53. The summed E-state index contributed by atoms with van der Waals surface area (Å²) in [4.78, 5) is 0. The number of benzene rings is 1. The van der Waals surface area contributed by atoms with Crippen molar-refractivity contribution in [2.75, 3.05) is 7.11 Å². The van der Waals surface area contributed by atoms with Crippen LogP contribution in [-0.2, 0) is 6.61 Å². The molecular weight excluding hydrogens is 166 g/mol. The molecule has 1 aromatic rings. The van der Waals surface area contributed by atoms with Gasteiger partial charge in [-0.2, -0.15) is 5.26 Å². The molecule has 0 amide bonds. The summed E-state index contributed by atoms with van der Waals surface area (Å²) in [5.74, 6) is 0.599. The van der Waals surface area contributed by atoms with Crippen molar-refractivity contribution >= 4 is 0 Å². The first-order valence-corrected chi connectivity index (χ1v) is 3.92. The van der Waals surface area contributed by atoms with E-state index in [0.29, 0.717) is 16.9 Å². The Balaban J connectivity index is 3.34. The molecule has 0 saturated carbocycles. The molecule has 0 aliphatic heterocycles. The highest BCUT2D eigenvalue weighted by atomic mass is 16.5. The van der Waals surface area contributed by atoms with Gasteiger partial charge in [-0.1, -0.05) is 6.07 Å². The van der Waals surface area contributed by atoms with E-state index in [1.165, 1.54) is 7.11 Å². The van der Waals surface area contributed by atoms with Crippen molar-refractivity contribution in [1.29, 1.82) is 5.26 Å². The Morgan fingerprint density at radius 2 is 2.23 bits per heavy atom. The van der Waals surface area contributed by atoms with Gasteiger partial charge < -0.3 is 9.84 Å². The predicted molar refractivity (Wildman–Crippen MR) is 48.4 cm³/mol. The minimum atomic E-state index is -0.0737. The largest absolute Gasteiger partial charge is 0.496 e. The minimum Gasteiger partial charge on any atom is -0.496 e. The maximum atomic E-state index is 8.97. The van der Waals surface area contributed by atoms with Crippen molar-refractivity contribution in [2.24, 2.45) is 0 Å². The third kappa shape index (κ3) is 1.63. The predicted octanol–water partition coefficient (Wildman–Crippen LogP) is 1.37. The van der Waals surface area contributed by atoms with Gasteiger partial charge >= 0.3 is 0 Å². The number of methoxy groups -OCH3 is 1. The number of rotatable bonds is 2. The molecule has 1 rings (SSSR count). The molecule has 0 atom stereocenters. The lowest BCUT2D eigenvalue weighted by Gasteiger charge is -2.10. The molecule has 0 aromatic heterocycles. The van der Waals surface area contributed by atoms with Gasteiger partial charge in [0.05, 0.1) is 25.3 Å². The topological polar surface area (TPSA) is 53.2 Å². The number of hydrogen-bond donors (Lipinski definition) is 1. The lowest BCUT2D eigenvalue weighted by atomic mass is 10.0.